The van der Waals surface area contributed by atoms with Crippen LogP contribution in [0.5, 0.6) is 0 Å². The van der Waals surface area contributed by atoms with Crippen LogP contribution in [0.15, 0.2) is 29.2 Å². The standard InChI is InChI=1S/C18H18N4O4S/c19-7-3-9-22(10-4-8-20)16(23)12-26-17(24)11-15-18(25)21-13-5-1-2-6-14(13)27-15/h1-2,5-6,15H,3-4,9-12H2,(H,21,25). The Hall–Kier alpha value is -3.04. The molecular weight excluding hydrogens is 368 g/mol. The Bertz CT molecular complexity index is 781. The molecule has 1 atom stereocenters. The second-order valence-corrected chi connectivity index (χ2v) is 6.90. The summed E-state index contributed by atoms with van der Waals surface area (Å²) in [5, 5.41) is 19.4. The third-order valence-corrected chi connectivity index (χ3v) is 5.03. The third kappa shape index (κ3) is 6.01. The van der Waals surface area contributed by atoms with Gasteiger partial charge in [-0.1, -0.05) is 12.1 Å². The normalized spacial score (nSPS) is 14.9. The summed E-state index contributed by atoms with van der Waals surface area (Å²) in [6, 6.07) is 11.1. The monoisotopic (exact) mass is 386 g/mol. The van der Waals surface area contributed by atoms with E-state index in [0.717, 1.165) is 4.90 Å². The molecule has 8 nitrogen and oxygen atoms in total. The molecule has 1 aromatic rings. The number of hydrogen-bond acceptors (Lipinski definition) is 7. The maximum absolute atomic E-state index is 12.1. The highest BCUT2D eigenvalue weighted by molar-refractivity contribution is 8.01. The van der Waals surface area contributed by atoms with Crippen molar-refractivity contribution in [2.45, 2.75) is 29.4 Å². The number of para-hydroxylation sites is 1. The summed E-state index contributed by atoms with van der Waals surface area (Å²) in [7, 11) is 0. The molecule has 0 fully saturated rings. The van der Waals surface area contributed by atoms with Gasteiger partial charge in [0.05, 0.1) is 42.3 Å². The van der Waals surface area contributed by atoms with Crippen LogP contribution in [0.2, 0.25) is 0 Å². The minimum atomic E-state index is -0.657. The first-order chi connectivity index (χ1) is 13.0. The summed E-state index contributed by atoms with van der Waals surface area (Å²) >= 11 is 1.28. The SMILES string of the molecule is N#CCCN(CCC#N)C(=O)COC(=O)CC1Sc2ccccc2NC1=O. The molecule has 1 N–H and O–H groups in total. The van der Waals surface area contributed by atoms with Crippen molar-refractivity contribution < 1.29 is 19.1 Å². The van der Waals surface area contributed by atoms with E-state index >= 15 is 0 Å². The summed E-state index contributed by atoms with van der Waals surface area (Å²) in [6.07, 6.45) is 0.0985. The maximum Gasteiger partial charge on any atom is 0.307 e. The van der Waals surface area contributed by atoms with Gasteiger partial charge in [0, 0.05) is 18.0 Å². The van der Waals surface area contributed by atoms with Gasteiger partial charge in [-0.25, -0.2) is 0 Å². The van der Waals surface area contributed by atoms with Crippen LogP contribution < -0.4 is 5.32 Å². The number of hydrogen-bond donors (Lipinski definition) is 1. The number of benzene rings is 1. The minimum Gasteiger partial charge on any atom is -0.456 e. The number of amides is 2. The van der Waals surface area contributed by atoms with Crippen LogP contribution in [0.4, 0.5) is 5.69 Å². The lowest BCUT2D eigenvalue weighted by atomic mass is 10.2. The Morgan fingerprint density at radius 3 is 2.52 bits per heavy atom. The smallest absolute Gasteiger partial charge is 0.307 e. The van der Waals surface area contributed by atoms with Crippen molar-refractivity contribution in [2.24, 2.45) is 0 Å². The fourth-order valence-corrected chi connectivity index (χ4v) is 3.50. The molecule has 1 unspecified atom stereocenters. The van der Waals surface area contributed by atoms with Gasteiger partial charge in [0.25, 0.3) is 5.91 Å². The number of nitriles is 2. The fourth-order valence-electron chi connectivity index (χ4n) is 2.40. The van der Waals surface area contributed by atoms with Gasteiger partial charge in [0.1, 0.15) is 0 Å². The lowest BCUT2D eigenvalue weighted by Gasteiger charge is -2.23. The highest BCUT2D eigenvalue weighted by Gasteiger charge is 2.29. The van der Waals surface area contributed by atoms with Crippen molar-refractivity contribution in [2.75, 3.05) is 25.0 Å². The molecule has 0 aromatic heterocycles. The van der Waals surface area contributed by atoms with E-state index < -0.39 is 23.7 Å². The van der Waals surface area contributed by atoms with Gasteiger partial charge in [-0.05, 0) is 12.1 Å². The van der Waals surface area contributed by atoms with E-state index in [1.165, 1.54) is 16.7 Å². The van der Waals surface area contributed by atoms with Crippen molar-refractivity contribution in [3.8, 4) is 12.1 Å². The van der Waals surface area contributed by atoms with Gasteiger partial charge in [-0.2, -0.15) is 10.5 Å². The molecule has 0 saturated heterocycles. The fraction of sp³-hybridized carbons (Fsp3) is 0.389. The predicted octanol–water partition coefficient (Wildman–Crippen LogP) is 1.69. The van der Waals surface area contributed by atoms with Gasteiger partial charge < -0.3 is 15.0 Å². The molecule has 0 aliphatic carbocycles. The van der Waals surface area contributed by atoms with Gasteiger partial charge in [0.15, 0.2) is 6.61 Å². The lowest BCUT2D eigenvalue weighted by molar-refractivity contribution is -0.152. The van der Waals surface area contributed by atoms with Crippen molar-refractivity contribution in [1.82, 2.24) is 4.90 Å². The van der Waals surface area contributed by atoms with Crippen LogP contribution in [0, 0.1) is 22.7 Å². The maximum atomic E-state index is 12.1. The molecule has 1 heterocycles. The Labute approximate surface area is 161 Å². The Balaban J connectivity index is 1.84. The number of fused-ring (bicyclic) bond motifs is 1. The molecule has 0 bridgehead atoms. The zero-order valence-corrected chi connectivity index (χ0v) is 15.3. The van der Waals surface area contributed by atoms with Gasteiger partial charge in [-0.3, -0.25) is 14.4 Å². The minimum absolute atomic E-state index is 0.128. The average Bonchev–Trinajstić information content (AvgIpc) is 2.67. The molecule has 1 aliphatic heterocycles. The zero-order chi connectivity index (χ0) is 19.6. The number of esters is 1. The highest BCUT2D eigenvalue weighted by atomic mass is 32.2. The van der Waals surface area contributed by atoms with Crippen LogP contribution in [0.1, 0.15) is 19.3 Å². The molecular formula is C18H18N4O4S. The van der Waals surface area contributed by atoms with E-state index in [-0.39, 0.29) is 38.3 Å². The predicted molar refractivity (Wildman–Crippen MR) is 97.3 cm³/mol. The first kappa shape index (κ1) is 20.3. The lowest BCUT2D eigenvalue weighted by Crippen LogP contribution is -2.37. The number of nitrogens with zero attached hydrogens (tertiary/aromatic N) is 3. The van der Waals surface area contributed by atoms with Crippen molar-refractivity contribution in [3.05, 3.63) is 24.3 Å². The number of ether oxygens (including phenoxy) is 1. The summed E-state index contributed by atoms with van der Waals surface area (Å²) in [4.78, 5) is 38.4. The molecule has 140 valence electrons. The molecule has 0 radical (unpaired) electrons. The van der Waals surface area contributed by atoms with Gasteiger partial charge >= 0.3 is 5.97 Å². The molecule has 2 rings (SSSR count). The van der Waals surface area contributed by atoms with E-state index in [1.54, 1.807) is 6.07 Å². The van der Waals surface area contributed by atoms with E-state index in [0.29, 0.717) is 5.69 Å². The van der Waals surface area contributed by atoms with Gasteiger partial charge in [0.2, 0.25) is 5.91 Å². The Kier molecular flexibility index (Phi) is 7.65. The van der Waals surface area contributed by atoms with Crippen LogP contribution in [0.25, 0.3) is 0 Å². The Morgan fingerprint density at radius 2 is 1.85 bits per heavy atom. The number of rotatable bonds is 8. The number of thioether (sulfide) groups is 1. The second kappa shape index (κ2) is 10.2. The quantitative estimate of drug-likeness (QED) is 0.674. The zero-order valence-electron chi connectivity index (χ0n) is 14.5. The molecule has 2 amide bonds. The van der Waals surface area contributed by atoms with Crippen LogP contribution in [-0.2, 0) is 19.1 Å². The van der Waals surface area contributed by atoms with E-state index in [2.05, 4.69) is 5.32 Å². The number of anilines is 1. The molecule has 0 spiro atoms. The van der Waals surface area contributed by atoms with E-state index in [9.17, 15) is 14.4 Å². The molecule has 9 heteroatoms. The first-order valence-corrected chi connectivity index (χ1v) is 9.17. The van der Waals surface area contributed by atoms with Crippen LogP contribution in [-0.4, -0.2) is 47.6 Å². The summed E-state index contributed by atoms with van der Waals surface area (Å²) in [5.74, 6) is -1.41. The van der Waals surface area contributed by atoms with E-state index in [1.807, 2.05) is 30.3 Å². The summed E-state index contributed by atoms with van der Waals surface area (Å²) < 4.78 is 4.99. The summed E-state index contributed by atoms with van der Waals surface area (Å²) in [5.41, 5.74) is 0.706. The second-order valence-electron chi connectivity index (χ2n) is 5.65. The highest BCUT2D eigenvalue weighted by Crippen LogP contribution is 2.36. The topological polar surface area (TPSA) is 123 Å². The molecule has 27 heavy (non-hydrogen) atoms. The van der Waals surface area contributed by atoms with Crippen LogP contribution >= 0.6 is 11.8 Å². The Morgan fingerprint density at radius 1 is 1.19 bits per heavy atom. The van der Waals surface area contributed by atoms with E-state index in [4.69, 9.17) is 15.3 Å². The molecule has 0 saturated carbocycles. The molecule has 1 aliphatic rings. The summed E-state index contributed by atoms with van der Waals surface area (Å²) in [6.45, 7) is -0.135. The van der Waals surface area contributed by atoms with Gasteiger partial charge in [-0.15, -0.1) is 11.8 Å². The number of carbonyl (C=O) groups is 3. The van der Waals surface area contributed by atoms with Crippen LogP contribution in [0.3, 0.4) is 0 Å². The third-order valence-electron chi connectivity index (χ3n) is 3.76. The first-order valence-electron chi connectivity index (χ1n) is 8.29. The molecule has 1 aromatic carbocycles. The average molecular weight is 386 g/mol. The van der Waals surface area contributed by atoms with Crippen molar-refractivity contribution in [1.29, 1.82) is 10.5 Å². The van der Waals surface area contributed by atoms with Crippen molar-refractivity contribution in [3.63, 3.8) is 0 Å². The van der Waals surface area contributed by atoms with Crippen molar-refractivity contribution >= 4 is 35.2 Å². The number of nitrogens with one attached hydrogen (secondary N) is 1. The number of carbonyl (C=O) groups excluding carboxylic acids is 3. The largest absolute Gasteiger partial charge is 0.456 e.